The number of hydrogen-bond donors (Lipinski definition) is 1. The van der Waals surface area contributed by atoms with Crippen LogP contribution in [-0.4, -0.2) is 10.9 Å². The van der Waals surface area contributed by atoms with Gasteiger partial charge in [0.1, 0.15) is 0 Å². The van der Waals surface area contributed by atoms with E-state index in [1.165, 1.54) is 0 Å². The summed E-state index contributed by atoms with van der Waals surface area (Å²) < 4.78 is 0. The van der Waals surface area contributed by atoms with Crippen LogP contribution in [0, 0.1) is 5.92 Å². The molecule has 0 aromatic heterocycles. The van der Waals surface area contributed by atoms with Crippen LogP contribution >= 0.6 is 23.2 Å². The molecule has 0 fully saturated rings. The zero-order valence-corrected chi connectivity index (χ0v) is 12.3. The zero-order chi connectivity index (χ0) is 13.5. The average Bonchev–Trinajstić information content (AvgIpc) is 2.32. The molecule has 100 valence electrons. The Morgan fingerprint density at radius 2 is 2.00 bits per heavy atom. The van der Waals surface area contributed by atoms with Crippen molar-refractivity contribution in [1.29, 1.82) is 0 Å². The van der Waals surface area contributed by atoms with E-state index in [4.69, 9.17) is 28.4 Å². The molecule has 0 heterocycles. The lowest BCUT2D eigenvalue weighted by molar-refractivity contribution is 0.315. The lowest BCUT2D eigenvalue weighted by Crippen LogP contribution is -2.04. The van der Waals surface area contributed by atoms with Crippen LogP contribution in [0.5, 0.6) is 0 Å². The van der Waals surface area contributed by atoms with Crippen molar-refractivity contribution in [2.45, 2.75) is 39.5 Å². The molecule has 0 unspecified atom stereocenters. The van der Waals surface area contributed by atoms with Crippen LogP contribution in [0.15, 0.2) is 23.4 Å². The quantitative estimate of drug-likeness (QED) is 0.436. The molecule has 1 N–H and O–H groups in total. The van der Waals surface area contributed by atoms with Crippen LogP contribution in [0.1, 0.15) is 38.7 Å². The molecule has 1 aromatic carbocycles. The van der Waals surface area contributed by atoms with E-state index in [0.717, 1.165) is 37.0 Å². The molecule has 1 aromatic rings. The summed E-state index contributed by atoms with van der Waals surface area (Å²) in [5, 5.41) is 13.4. The van der Waals surface area contributed by atoms with E-state index in [9.17, 15) is 0 Å². The van der Waals surface area contributed by atoms with E-state index in [-0.39, 0.29) is 0 Å². The van der Waals surface area contributed by atoms with E-state index in [2.05, 4.69) is 19.0 Å². The third-order valence-corrected chi connectivity index (χ3v) is 3.44. The van der Waals surface area contributed by atoms with Gasteiger partial charge in [-0.3, -0.25) is 0 Å². The maximum Gasteiger partial charge on any atom is 0.0595 e. The normalized spacial score (nSPS) is 12.2. The summed E-state index contributed by atoms with van der Waals surface area (Å²) in [4.78, 5) is 0. The van der Waals surface area contributed by atoms with Crippen molar-refractivity contribution < 1.29 is 5.21 Å². The summed E-state index contributed by atoms with van der Waals surface area (Å²) in [6, 6.07) is 5.68. The third-order valence-electron chi connectivity index (χ3n) is 2.70. The predicted molar refractivity (Wildman–Crippen MR) is 78.1 cm³/mol. The zero-order valence-electron chi connectivity index (χ0n) is 10.8. The van der Waals surface area contributed by atoms with Crippen LogP contribution in [0.3, 0.4) is 0 Å². The van der Waals surface area contributed by atoms with Crippen LogP contribution in [0.2, 0.25) is 10.0 Å². The molecular formula is C14H19Cl2NO. The maximum absolute atomic E-state index is 8.90. The van der Waals surface area contributed by atoms with Gasteiger partial charge in [-0.05, 0) is 49.3 Å². The Labute approximate surface area is 119 Å². The minimum Gasteiger partial charge on any atom is -0.411 e. The molecule has 1 rings (SSSR count). The summed E-state index contributed by atoms with van der Waals surface area (Å²) in [5.41, 5.74) is 2.02. The first-order valence-electron chi connectivity index (χ1n) is 6.16. The molecule has 2 nitrogen and oxygen atoms in total. The summed E-state index contributed by atoms with van der Waals surface area (Å²) in [7, 11) is 0. The number of hydrogen-bond acceptors (Lipinski definition) is 2. The number of halogens is 2. The first-order chi connectivity index (χ1) is 8.52. The fraction of sp³-hybridized carbons (Fsp3) is 0.500. The Morgan fingerprint density at radius 1 is 1.28 bits per heavy atom. The number of benzene rings is 1. The second-order valence-electron chi connectivity index (χ2n) is 4.87. The van der Waals surface area contributed by atoms with Crippen LogP contribution in [0.4, 0.5) is 0 Å². The molecule has 0 saturated carbocycles. The third kappa shape index (κ3) is 5.28. The standard InChI is InChI=1S/C14H19Cl2NO/c1-10(2)8-12(17-18)5-3-4-11-6-7-13(15)14(16)9-11/h6-7,9-10,18H,3-5,8H2,1-2H3. The highest BCUT2D eigenvalue weighted by atomic mass is 35.5. The highest BCUT2D eigenvalue weighted by Crippen LogP contribution is 2.23. The molecule has 0 atom stereocenters. The van der Waals surface area contributed by atoms with Gasteiger partial charge in [0.2, 0.25) is 0 Å². The van der Waals surface area contributed by atoms with E-state index < -0.39 is 0 Å². The van der Waals surface area contributed by atoms with Crippen molar-refractivity contribution in [3.05, 3.63) is 33.8 Å². The molecule has 0 aliphatic carbocycles. The van der Waals surface area contributed by atoms with Crippen molar-refractivity contribution in [2.75, 3.05) is 0 Å². The van der Waals surface area contributed by atoms with Gasteiger partial charge in [0.25, 0.3) is 0 Å². The molecule has 18 heavy (non-hydrogen) atoms. The Balaban J connectivity index is 2.43. The number of rotatable bonds is 6. The van der Waals surface area contributed by atoms with Gasteiger partial charge in [0.15, 0.2) is 0 Å². The number of oxime groups is 1. The first-order valence-corrected chi connectivity index (χ1v) is 6.92. The van der Waals surface area contributed by atoms with Crippen molar-refractivity contribution in [3.8, 4) is 0 Å². The molecule has 4 heteroatoms. The number of aryl methyl sites for hydroxylation is 1. The van der Waals surface area contributed by atoms with E-state index in [1.54, 1.807) is 0 Å². The van der Waals surface area contributed by atoms with E-state index >= 15 is 0 Å². The molecule has 0 aliphatic heterocycles. The molecule has 0 saturated heterocycles. The topological polar surface area (TPSA) is 32.6 Å². The fourth-order valence-corrected chi connectivity index (χ4v) is 2.18. The van der Waals surface area contributed by atoms with Gasteiger partial charge in [-0.2, -0.15) is 0 Å². The van der Waals surface area contributed by atoms with Crippen molar-refractivity contribution in [3.63, 3.8) is 0 Å². The predicted octanol–water partition coefficient (Wildman–Crippen LogP) is 5.19. The lowest BCUT2D eigenvalue weighted by Gasteiger charge is -2.07. The summed E-state index contributed by atoms with van der Waals surface area (Å²) >= 11 is 11.8. The Kier molecular flexibility index (Phi) is 6.51. The molecular weight excluding hydrogens is 269 g/mol. The minimum absolute atomic E-state index is 0.515. The number of nitrogens with zero attached hydrogens (tertiary/aromatic N) is 1. The van der Waals surface area contributed by atoms with E-state index in [0.29, 0.717) is 16.0 Å². The van der Waals surface area contributed by atoms with Crippen LogP contribution < -0.4 is 0 Å². The summed E-state index contributed by atoms with van der Waals surface area (Å²) in [6.07, 6.45) is 3.52. The highest BCUT2D eigenvalue weighted by Gasteiger charge is 2.05. The molecule has 0 radical (unpaired) electrons. The van der Waals surface area contributed by atoms with Gasteiger partial charge >= 0.3 is 0 Å². The van der Waals surface area contributed by atoms with Gasteiger partial charge < -0.3 is 5.21 Å². The SMILES string of the molecule is CC(C)CC(CCCc1ccc(Cl)c(Cl)c1)=NO. The monoisotopic (exact) mass is 287 g/mol. The second-order valence-corrected chi connectivity index (χ2v) is 5.68. The summed E-state index contributed by atoms with van der Waals surface area (Å²) in [6.45, 7) is 4.23. The van der Waals surface area contributed by atoms with Gasteiger partial charge in [0.05, 0.1) is 15.8 Å². The Hall–Kier alpha value is -0.730. The van der Waals surface area contributed by atoms with Crippen molar-refractivity contribution >= 4 is 28.9 Å². The van der Waals surface area contributed by atoms with Crippen molar-refractivity contribution in [1.82, 2.24) is 0 Å². The van der Waals surface area contributed by atoms with Gasteiger partial charge in [0, 0.05) is 0 Å². The molecule has 0 bridgehead atoms. The fourth-order valence-electron chi connectivity index (χ4n) is 1.86. The minimum atomic E-state index is 0.515. The van der Waals surface area contributed by atoms with Gasteiger partial charge in [-0.15, -0.1) is 0 Å². The molecule has 0 aliphatic rings. The Bertz CT molecular complexity index is 416. The highest BCUT2D eigenvalue weighted by molar-refractivity contribution is 6.42. The average molecular weight is 288 g/mol. The van der Waals surface area contributed by atoms with E-state index in [1.807, 2.05) is 18.2 Å². The lowest BCUT2D eigenvalue weighted by atomic mass is 10.0. The van der Waals surface area contributed by atoms with Crippen LogP contribution in [-0.2, 0) is 6.42 Å². The Morgan fingerprint density at radius 3 is 2.56 bits per heavy atom. The maximum atomic E-state index is 8.90. The van der Waals surface area contributed by atoms with Crippen LogP contribution in [0.25, 0.3) is 0 Å². The molecule has 0 amide bonds. The second kappa shape index (κ2) is 7.65. The largest absolute Gasteiger partial charge is 0.411 e. The first kappa shape index (κ1) is 15.3. The summed E-state index contributed by atoms with van der Waals surface area (Å²) in [5.74, 6) is 0.515. The smallest absolute Gasteiger partial charge is 0.0595 e. The molecule has 0 spiro atoms. The van der Waals surface area contributed by atoms with Gasteiger partial charge in [-0.1, -0.05) is 48.3 Å². The van der Waals surface area contributed by atoms with Crippen molar-refractivity contribution in [2.24, 2.45) is 11.1 Å². The van der Waals surface area contributed by atoms with Gasteiger partial charge in [-0.25, -0.2) is 0 Å².